The number of amides is 2. The first kappa shape index (κ1) is 33.7. The van der Waals surface area contributed by atoms with Gasteiger partial charge in [-0.1, -0.05) is 90.0 Å². The van der Waals surface area contributed by atoms with E-state index in [2.05, 4.69) is 5.32 Å². The first-order valence-corrected chi connectivity index (χ1v) is 16.3. The van der Waals surface area contributed by atoms with Crippen LogP contribution in [0.4, 0.5) is 10.1 Å². The van der Waals surface area contributed by atoms with Crippen LogP contribution in [0.2, 0.25) is 5.02 Å². The van der Waals surface area contributed by atoms with Gasteiger partial charge < -0.3 is 10.2 Å². The van der Waals surface area contributed by atoms with Crippen molar-refractivity contribution >= 4 is 39.1 Å². The summed E-state index contributed by atoms with van der Waals surface area (Å²) in [6, 6.07) is 26.6. The Hall–Kier alpha value is -4.21. The van der Waals surface area contributed by atoms with E-state index in [0.29, 0.717) is 10.6 Å². The summed E-state index contributed by atoms with van der Waals surface area (Å²) in [5.41, 5.74) is 1.28. The van der Waals surface area contributed by atoms with E-state index in [1.807, 2.05) is 58.0 Å². The van der Waals surface area contributed by atoms with Gasteiger partial charge in [0.1, 0.15) is 18.4 Å². The summed E-state index contributed by atoms with van der Waals surface area (Å²) in [5.74, 6) is -1.95. The lowest BCUT2D eigenvalue weighted by molar-refractivity contribution is -0.140. The third kappa shape index (κ3) is 8.71. The molecule has 45 heavy (non-hydrogen) atoms. The van der Waals surface area contributed by atoms with Crippen LogP contribution < -0.4 is 9.62 Å². The number of benzene rings is 4. The van der Waals surface area contributed by atoms with Crippen LogP contribution in [0.3, 0.4) is 0 Å². The average molecular weight is 650 g/mol. The van der Waals surface area contributed by atoms with Crippen molar-refractivity contribution in [3.63, 3.8) is 0 Å². The molecule has 0 aliphatic carbocycles. The molecule has 0 radical (unpaired) electrons. The van der Waals surface area contributed by atoms with E-state index in [1.165, 1.54) is 35.2 Å². The molecule has 0 aliphatic rings. The molecule has 0 saturated heterocycles. The molecule has 2 amide bonds. The molecule has 7 nitrogen and oxygen atoms in total. The molecule has 4 aromatic carbocycles. The molecule has 10 heteroatoms. The molecule has 0 bridgehead atoms. The van der Waals surface area contributed by atoms with E-state index < -0.39 is 45.8 Å². The zero-order valence-electron chi connectivity index (χ0n) is 25.7. The minimum atomic E-state index is -4.42. The quantitative estimate of drug-likeness (QED) is 0.200. The molecule has 1 N–H and O–H groups in total. The van der Waals surface area contributed by atoms with Gasteiger partial charge in [-0.05, 0) is 69.2 Å². The number of carbonyl (C=O) groups excluding carboxylic acids is 2. The topological polar surface area (TPSA) is 86.8 Å². The van der Waals surface area contributed by atoms with Gasteiger partial charge in [-0.2, -0.15) is 0 Å². The number of hydrogen-bond acceptors (Lipinski definition) is 4. The second kappa shape index (κ2) is 14.3. The van der Waals surface area contributed by atoms with Gasteiger partial charge >= 0.3 is 0 Å². The predicted molar refractivity (Wildman–Crippen MR) is 176 cm³/mol. The molecule has 0 aromatic heterocycles. The standard InChI is InChI=1S/C35H37ClFN3O4S/c1-25-18-20-28(21-19-25)45(43,44)40(31-17-11-10-16-30(31)37)24-33(41)39(23-27-14-8-9-15-29(27)36)32(34(42)38-35(2,3)4)22-26-12-6-5-7-13-26/h5-21,32H,22-24H2,1-4H3,(H,38,42)/t32-/m0/s1. The number of nitrogens with zero attached hydrogens (tertiary/aromatic N) is 2. The SMILES string of the molecule is Cc1ccc(S(=O)(=O)N(CC(=O)N(Cc2ccccc2Cl)[C@@H](Cc2ccccc2)C(=O)NC(C)(C)C)c2ccccc2F)cc1. The fourth-order valence-electron chi connectivity index (χ4n) is 4.82. The monoisotopic (exact) mass is 649 g/mol. The second-order valence-electron chi connectivity index (χ2n) is 11.8. The summed E-state index contributed by atoms with van der Waals surface area (Å²) < 4.78 is 44.1. The molecule has 0 fully saturated rings. The Morgan fingerprint density at radius 3 is 2.09 bits per heavy atom. The van der Waals surface area contributed by atoms with E-state index in [4.69, 9.17) is 11.6 Å². The van der Waals surface area contributed by atoms with Crippen molar-refractivity contribution in [2.45, 2.75) is 57.1 Å². The maximum atomic E-state index is 15.2. The highest BCUT2D eigenvalue weighted by Gasteiger charge is 2.36. The highest BCUT2D eigenvalue weighted by molar-refractivity contribution is 7.92. The summed E-state index contributed by atoms with van der Waals surface area (Å²) in [4.78, 5) is 29.6. The summed E-state index contributed by atoms with van der Waals surface area (Å²) in [6.45, 7) is 6.45. The van der Waals surface area contributed by atoms with Gasteiger partial charge in [-0.3, -0.25) is 13.9 Å². The highest BCUT2D eigenvalue weighted by Crippen LogP contribution is 2.28. The Kier molecular flexibility index (Phi) is 10.7. The van der Waals surface area contributed by atoms with Gasteiger partial charge in [-0.25, -0.2) is 12.8 Å². The summed E-state index contributed by atoms with van der Waals surface area (Å²) in [5, 5.41) is 3.35. The molecular formula is C35H37ClFN3O4S. The number of para-hydroxylation sites is 1. The average Bonchev–Trinajstić information content (AvgIpc) is 2.98. The fourth-order valence-corrected chi connectivity index (χ4v) is 6.44. The molecule has 4 rings (SSSR count). The lowest BCUT2D eigenvalue weighted by atomic mass is 10.0. The van der Waals surface area contributed by atoms with E-state index >= 15 is 4.39 Å². The van der Waals surface area contributed by atoms with Gasteiger partial charge in [0.2, 0.25) is 11.8 Å². The largest absolute Gasteiger partial charge is 0.350 e. The third-order valence-corrected chi connectivity index (χ3v) is 9.22. The van der Waals surface area contributed by atoms with Crippen LogP contribution in [-0.2, 0) is 32.6 Å². The van der Waals surface area contributed by atoms with Gasteiger partial charge in [0.05, 0.1) is 10.6 Å². The Balaban J connectivity index is 1.84. The van der Waals surface area contributed by atoms with E-state index in [-0.39, 0.29) is 23.5 Å². The number of nitrogens with one attached hydrogen (secondary N) is 1. The van der Waals surface area contributed by atoms with Crippen molar-refractivity contribution < 1.29 is 22.4 Å². The molecule has 236 valence electrons. The van der Waals surface area contributed by atoms with Crippen molar-refractivity contribution in [3.05, 3.63) is 131 Å². The third-order valence-electron chi connectivity index (χ3n) is 7.08. The van der Waals surface area contributed by atoms with Crippen LogP contribution in [-0.4, -0.2) is 43.3 Å². The molecular weight excluding hydrogens is 613 g/mol. The van der Waals surface area contributed by atoms with E-state index in [0.717, 1.165) is 21.5 Å². The van der Waals surface area contributed by atoms with Crippen molar-refractivity contribution in [1.29, 1.82) is 0 Å². The predicted octanol–water partition coefficient (Wildman–Crippen LogP) is 6.54. The van der Waals surface area contributed by atoms with Crippen molar-refractivity contribution in [3.8, 4) is 0 Å². The number of sulfonamides is 1. The first-order chi connectivity index (χ1) is 21.3. The van der Waals surface area contributed by atoms with Gasteiger partial charge in [-0.15, -0.1) is 0 Å². The number of halogens is 2. The maximum absolute atomic E-state index is 15.2. The number of carbonyl (C=O) groups is 2. The van der Waals surface area contributed by atoms with Crippen LogP contribution in [0.25, 0.3) is 0 Å². The van der Waals surface area contributed by atoms with Crippen molar-refractivity contribution in [2.24, 2.45) is 0 Å². The normalized spacial score (nSPS) is 12.3. The van der Waals surface area contributed by atoms with Crippen LogP contribution in [0, 0.1) is 12.7 Å². The summed E-state index contributed by atoms with van der Waals surface area (Å²) in [6.07, 6.45) is 0.142. The van der Waals surface area contributed by atoms with E-state index in [1.54, 1.807) is 36.4 Å². The Morgan fingerprint density at radius 1 is 0.867 bits per heavy atom. The minimum Gasteiger partial charge on any atom is -0.350 e. The molecule has 0 aliphatic heterocycles. The molecule has 0 saturated carbocycles. The minimum absolute atomic E-state index is 0.0940. The smallest absolute Gasteiger partial charge is 0.264 e. The van der Waals surface area contributed by atoms with Crippen molar-refractivity contribution in [1.82, 2.24) is 10.2 Å². The van der Waals surface area contributed by atoms with Crippen molar-refractivity contribution in [2.75, 3.05) is 10.8 Å². The highest BCUT2D eigenvalue weighted by atomic mass is 35.5. The molecule has 1 atom stereocenters. The van der Waals surface area contributed by atoms with Gasteiger partial charge in [0, 0.05) is 23.5 Å². The molecule has 0 heterocycles. The Bertz CT molecular complexity index is 1740. The van der Waals surface area contributed by atoms with Crippen LogP contribution in [0.1, 0.15) is 37.5 Å². The lowest BCUT2D eigenvalue weighted by Crippen LogP contribution is -2.56. The molecule has 0 unspecified atom stereocenters. The number of hydrogen-bond donors (Lipinski definition) is 1. The van der Waals surface area contributed by atoms with Crippen LogP contribution in [0.15, 0.2) is 108 Å². The van der Waals surface area contributed by atoms with Crippen LogP contribution >= 0.6 is 11.6 Å². The van der Waals surface area contributed by atoms with E-state index in [9.17, 15) is 18.0 Å². The number of aryl methyl sites for hydroxylation is 1. The zero-order chi connectivity index (χ0) is 32.8. The summed E-state index contributed by atoms with van der Waals surface area (Å²) in [7, 11) is -4.42. The van der Waals surface area contributed by atoms with Crippen LogP contribution in [0.5, 0.6) is 0 Å². The zero-order valence-corrected chi connectivity index (χ0v) is 27.3. The molecule has 4 aromatic rings. The number of anilines is 1. The summed E-state index contributed by atoms with van der Waals surface area (Å²) >= 11 is 6.52. The number of rotatable bonds is 11. The second-order valence-corrected chi connectivity index (χ2v) is 14.1. The maximum Gasteiger partial charge on any atom is 0.264 e. The Morgan fingerprint density at radius 2 is 1.47 bits per heavy atom. The molecule has 0 spiro atoms. The van der Waals surface area contributed by atoms with Gasteiger partial charge in [0.25, 0.3) is 10.0 Å². The van der Waals surface area contributed by atoms with Gasteiger partial charge in [0.15, 0.2) is 0 Å². The first-order valence-electron chi connectivity index (χ1n) is 14.5. The Labute approximate surface area is 269 Å². The fraction of sp³-hybridized carbons (Fsp3) is 0.257. The lowest BCUT2D eigenvalue weighted by Gasteiger charge is -2.35.